The molecule has 2 heterocycles. The normalized spacial score (nSPS) is 17.0. The first kappa shape index (κ1) is 23.2. The Hall–Kier alpha value is -5.76. The maximum absolute atomic E-state index is 6.62. The van der Waals surface area contributed by atoms with Crippen molar-refractivity contribution in [1.29, 1.82) is 0 Å². The molecule has 0 fully saturated rings. The second-order valence-corrected chi connectivity index (χ2v) is 9.51. The van der Waals surface area contributed by atoms with E-state index in [4.69, 9.17) is 18.9 Å². The SMILES string of the molecule is c1ccc2c(c1)N=Nc1c(ccc3ccccc13)OC1(O2)Oc2ccccc2N=Nc2c(ccc3ccccc23)O1. The molecule has 0 amide bonds. The summed E-state index contributed by atoms with van der Waals surface area (Å²) in [4.78, 5) is 0. The Bertz CT molecular complexity index is 1890. The van der Waals surface area contributed by atoms with E-state index in [9.17, 15) is 0 Å². The van der Waals surface area contributed by atoms with E-state index in [1.165, 1.54) is 0 Å². The van der Waals surface area contributed by atoms with Gasteiger partial charge in [0.25, 0.3) is 0 Å². The predicted molar refractivity (Wildman–Crippen MR) is 154 cm³/mol. The summed E-state index contributed by atoms with van der Waals surface area (Å²) >= 11 is 0. The van der Waals surface area contributed by atoms with Gasteiger partial charge in [0.1, 0.15) is 22.7 Å². The van der Waals surface area contributed by atoms with Crippen LogP contribution in [0.1, 0.15) is 0 Å². The molecule has 6 aromatic rings. The van der Waals surface area contributed by atoms with E-state index in [0.29, 0.717) is 45.7 Å². The molecule has 0 saturated heterocycles. The third-order valence-corrected chi connectivity index (χ3v) is 6.91. The maximum atomic E-state index is 6.62. The van der Waals surface area contributed by atoms with Gasteiger partial charge in [0.15, 0.2) is 23.0 Å². The molecule has 0 aliphatic carbocycles. The van der Waals surface area contributed by atoms with E-state index in [-0.39, 0.29) is 0 Å². The number of hydrogen-bond acceptors (Lipinski definition) is 8. The highest BCUT2D eigenvalue weighted by molar-refractivity contribution is 5.96. The molecule has 2 aliphatic heterocycles. The maximum Gasteiger partial charge on any atom is 0.611 e. The molecule has 196 valence electrons. The van der Waals surface area contributed by atoms with E-state index in [0.717, 1.165) is 21.5 Å². The van der Waals surface area contributed by atoms with Crippen molar-refractivity contribution in [2.24, 2.45) is 20.5 Å². The molecule has 1 spiro atoms. The summed E-state index contributed by atoms with van der Waals surface area (Å²) in [6.45, 7) is 0. The number of fused-ring (bicyclic) bond motifs is 8. The second-order valence-electron chi connectivity index (χ2n) is 9.51. The first-order valence-corrected chi connectivity index (χ1v) is 13.1. The van der Waals surface area contributed by atoms with Gasteiger partial charge in [-0.05, 0) is 47.2 Å². The molecule has 0 unspecified atom stereocenters. The zero-order valence-electron chi connectivity index (χ0n) is 21.5. The van der Waals surface area contributed by atoms with Crippen LogP contribution in [-0.2, 0) is 0 Å². The number of azo groups is 2. The van der Waals surface area contributed by atoms with E-state index in [2.05, 4.69) is 20.5 Å². The molecule has 0 atom stereocenters. The van der Waals surface area contributed by atoms with E-state index in [1.807, 2.05) is 84.9 Å². The minimum Gasteiger partial charge on any atom is -0.384 e. The molecule has 2 aliphatic rings. The minimum absolute atomic E-state index is 0.348. The van der Waals surface area contributed by atoms with Crippen LogP contribution in [0, 0.1) is 0 Å². The lowest BCUT2D eigenvalue weighted by Crippen LogP contribution is -2.53. The molecule has 0 saturated carbocycles. The van der Waals surface area contributed by atoms with Crippen LogP contribution in [0.5, 0.6) is 23.0 Å². The van der Waals surface area contributed by atoms with Crippen molar-refractivity contribution in [3.8, 4) is 23.0 Å². The van der Waals surface area contributed by atoms with Gasteiger partial charge in [-0.25, -0.2) is 0 Å². The van der Waals surface area contributed by atoms with E-state index in [1.54, 1.807) is 36.4 Å². The molecule has 8 nitrogen and oxygen atoms in total. The van der Waals surface area contributed by atoms with Crippen LogP contribution in [-0.4, -0.2) is 6.16 Å². The molecule has 0 bridgehead atoms. The van der Waals surface area contributed by atoms with Gasteiger partial charge >= 0.3 is 6.16 Å². The van der Waals surface area contributed by atoms with E-state index >= 15 is 0 Å². The highest BCUT2D eigenvalue weighted by Crippen LogP contribution is 2.47. The third-order valence-electron chi connectivity index (χ3n) is 6.91. The standard InChI is InChI=1S/C33H20N4O4/c1-3-11-23-21(9-1)17-19-29-31(23)36-34-25-13-5-7-15-27(25)38-33(40-29)39-28-16-8-6-14-26(28)35-37-32-24-12-4-2-10-22(24)18-20-30(32)41-33/h1-20H. The lowest BCUT2D eigenvalue weighted by atomic mass is 10.1. The monoisotopic (exact) mass is 536 g/mol. The predicted octanol–water partition coefficient (Wildman–Crippen LogP) is 9.68. The van der Waals surface area contributed by atoms with Gasteiger partial charge in [0.05, 0.1) is 0 Å². The smallest absolute Gasteiger partial charge is 0.384 e. The fourth-order valence-electron chi connectivity index (χ4n) is 4.96. The van der Waals surface area contributed by atoms with Crippen molar-refractivity contribution in [2.45, 2.75) is 6.16 Å². The molecule has 8 heteroatoms. The van der Waals surface area contributed by atoms with Gasteiger partial charge in [-0.3, -0.25) is 0 Å². The van der Waals surface area contributed by atoms with Crippen molar-refractivity contribution >= 4 is 44.3 Å². The fraction of sp³-hybridized carbons (Fsp3) is 0.0303. The Morgan fingerprint density at radius 2 is 0.780 bits per heavy atom. The Morgan fingerprint density at radius 3 is 1.29 bits per heavy atom. The number of ether oxygens (including phenoxy) is 4. The van der Waals surface area contributed by atoms with Crippen LogP contribution >= 0.6 is 0 Å². The van der Waals surface area contributed by atoms with Crippen molar-refractivity contribution in [3.05, 3.63) is 121 Å². The fourth-order valence-corrected chi connectivity index (χ4v) is 4.96. The van der Waals surface area contributed by atoms with Crippen LogP contribution < -0.4 is 18.9 Å². The number of benzene rings is 6. The van der Waals surface area contributed by atoms with Crippen LogP contribution in [0.3, 0.4) is 0 Å². The van der Waals surface area contributed by atoms with Gasteiger partial charge in [-0.2, -0.15) is 0 Å². The minimum atomic E-state index is -2.16. The first-order valence-electron chi connectivity index (χ1n) is 13.1. The van der Waals surface area contributed by atoms with E-state index < -0.39 is 6.16 Å². The Labute approximate surface area is 234 Å². The number of hydrogen-bond donors (Lipinski definition) is 0. The average Bonchev–Trinajstić information content (AvgIpc) is 3.12. The summed E-state index contributed by atoms with van der Waals surface area (Å²) in [5, 5.41) is 22.0. The van der Waals surface area contributed by atoms with Crippen molar-refractivity contribution < 1.29 is 18.9 Å². The molecule has 6 aromatic carbocycles. The first-order chi connectivity index (χ1) is 20.2. The molecule has 0 radical (unpaired) electrons. The lowest BCUT2D eigenvalue weighted by Gasteiger charge is -2.32. The van der Waals surface area contributed by atoms with Crippen molar-refractivity contribution in [2.75, 3.05) is 0 Å². The summed E-state index contributed by atoms with van der Waals surface area (Å²) in [6, 6.07) is 37.8. The molecule has 0 aromatic heterocycles. The Balaban J connectivity index is 1.41. The Morgan fingerprint density at radius 1 is 0.366 bits per heavy atom. The molecule has 41 heavy (non-hydrogen) atoms. The summed E-state index contributed by atoms with van der Waals surface area (Å²) in [5.74, 6) is 1.41. The van der Waals surface area contributed by atoms with Crippen LogP contribution in [0.2, 0.25) is 0 Å². The summed E-state index contributed by atoms with van der Waals surface area (Å²) < 4.78 is 26.3. The Kier molecular flexibility index (Phi) is 5.18. The van der Waals surface area contributed by atoms with Gasteiger partial charge in [-0.1, -0.05) is 84.9 Å². The highest BCUT2D eigenvalue weighted by Gasteiger charge is 2.47. The van der Waals surface area contributed by atoms with Gasteiger partial charge < -0.3 is 18.9 Å². The van der Waals surface area contributed by atoms with Gasteiger partial charge in [0.2, 0.25) is 0 Å². The zero-order chi connectivity index (χ0) is 27.2. The van der Waals surface area contributed by atoms with Crippen LogP contribution in [0.4, 0.5) is 22.7 Å². The zero-order valence-corrected chi connectivity index (χ0v) is 21.5. The summed E-state index contributed by atoms with van der Waals surface area (Å²) in [7, 11) is 0. The summed E-state index contributed by atoms with van der Waals surface area (Å²) in [5.41, 5.74) is 1.97. The molecule has 8 rings (SSSR count). The largest absolute Gasteiger partial charge is 0.611 e. The quantitative estimate of drug-likeness (QED) is 0.193. The third kappa shape index (κ3) is 4.01. The second kappa shape index (κ2) is 9.17. The molecular weight excluding hydrogens is 516 g/mol. The lowest BCUT2D eigenvalue weighted by molar-refractivity contribution is -0.366. The molecule has 0 N–H and O–H groups in total. The van der Waals surface area contributed by atoms with Gasteiger partial charge in [0, 0.05) is 10.8 Å². The molecular formula is C33H20N4O4. The number of para-hydroxylation sites is 2. The number of rotatable bonds is 0. The van der Waals surface area contributed by atoms with Crippen LogP contribution in [0.25, 0.3) is 21.5 Å². The van der Waals surface area contributed by atoms with Crippen molar-refractivity contribution in [3.63, 3.8) is 0 Å². The summed E-state index contributed by atoms with van der Waals surface area (Å²) in [6.07, 6.45) is -2.16. The van der Waals surface area contributed by atoms with Crippen molar-refractivity contribution in [1.82, 2.24) is 0 Å². The number of nitrogens with zero attached hydrogens (tertiary/aromatic N) is 4. The van der Waals surface area contributed by atoms with Gasteiger partial charge in [-0.15, -0.1) is 20.5 Å². The highest BCUT2D eigenvalue weighted by atomic mass is 17.0. The average molecular weight is 537 g/mol. The topological polar surface area (TPSA) is 86.4 Å². The van der Waals surface area contributed by atoms with Crippen LogP contribution in [0.15, 0.2) is 142 Å².